The molecule has 146 valence electrons. The minimum absolute atomic E-state index is 0.139. The molecule has 2 N–H and O–H groups in total. The van der Waals surface area contributed by atoms with Gasteiger partial charge in [0.1, 0.15) is 11.6 Å². The molecule has 0 amide bonds. The summed E-state index contributed by atoms with van der Waals surface area (Å²) in [6.07, 6.45) is 3.46. The van der Waals surface area contributed by atoms with Crippen LogP contribution in [0.4, 0.5) is 11.6 Å². The average Bonchev–Trinajstić information content (AvgIpc) is 2.69. The Kier molecular flexibility index (Phi) is 5.74. The van der Waals surface area contributed by atoms with Crippen LogP contribution in [0.2, 0.25) is 0 Å². The number of nitrogens with zero attached hydrogens (tertiary/aromatic N) is 3. The van der Waals surface area contributed by atoms with Gasteiger partial charge in [0, 0.05) is 18.9 Å². The second-order valence-corrected chi connectivity index (χ2v) is 7.86. The van der Waals surface area contributed by atoms with E-state index in [4.69, 9.17) is 4.74 Å². The Morgan fingerprint density at radius 2 is 1.79 bits per heavy atom. The molecule has 9 heteroatoms. The summed E-state index contributed by atoms with van der Waals surface area (Å²) in [6, 6.07) is 10.3. The van der Waals surface area contributed by atoms with Crippen molar-refractivity contribution in [3.63, 3.8) is 0 Å². The Labute approximate surface area is 164 Å². The molecule has 0 saturated carbocycles. The Morgan fingerprint density at radius 3 is 2.43 bits per heavy atom. The first-order valence-electron chi connectivity index (χ1n) is 8.53. The summed E-state index contributed by atoms with van der Waals surface area (Å²) in [5.74, 6) is 1.31. The standard InChI is InChI=1S/C19H21N5O3S/c1-13-10-17(14(2)9-16(13)27-3)28(25,26)24-19-7-6-18(22-23-19)21-12-15-5-4-8-20-11-15/h4-11H,12H2,1-3H3,(H,21,22)(H,23,24). The van der Waals surface area contributed by atoms with E-state index < -0.39 is 10.0 Å². The van der Waals surface area contributed by atoms with Crippen molar-refractivity contribution in [3.8, 4) is 5.75 Å². The molecule has 0 saturated heterocycles. The largest absolute Gasteiger partial charge is 0.496 e. The van der Waals surface area contributed by atoms with Crippen LogP contribution < -0.4 is 14.8 Å². The third kappa shape index (κ3) is 4.55. The molecule has 28 heavy (non-hydrogen) atoms. The van der Waals surface area contributed by atoms with Gasteiger partial charge in [0.05, 0.1) is 12.0 Å². The number of hydrogen-bond acceptors (Lipinski definition) is 7. The number of nitrogens with one attached hydrogen (secondary N) is 2. The van der Waals surface area contributed by atoms with Crippen molar-refractivity contribution < 1.29 is 13.2 Å². The molecular weight excluding hydrogens is 378 g/mol. The minimum atomic E-state index is -3.80. The molecule has 0 aliphatic carbocycles. The van der Waals surface area contributed by atoms with E-state index in [1.807, 2.05) is 12.1 Å². The first kappa shape index (κ1) is 19.6. The monoisotopic (exact) mass is 399 g/mol. The molecule has 3 aromatic rings. The number of anilines is 2. The van der Waals surface area contributed by atoms with Gasteiger partial charge in [-0.3, -0.25) is 9.71 Å². The summed E-state index contributed by atoms with van der Waals surface area (Å²) in [6.45, 7) is 4.05. The lowest BCUT2D eigenvalue weighted by Crippen LogP contribution is -2.16. The van der Waals surface area contributed by atoms with Crippen LogP contribution >= 0.6 is 0 Å². The van der Waals surface area contributed by atoms with Crippen LogP contribution in [0.25, 0.3) is 0 Å². The molecular formula is C19H21N5O3S. The molecule has 0 spiro atoms. The number of benzene rings is 1. The third-order valence-electron chi connectivity index (χ3n) is 4.08. The number of ether oxygens (including phenoxy) is 1. The van der Waals surface area contributed by atoms with Crippen molar-refractivity contribution in [1.82, 2.24) is 15.2 Å². The zero-order valence-electron chi connectivity index (χ0n) is 15.8. The molecule has 0 bridgehead atoms. The van der Waals surface area contributed by atoms with Crippen molar-refractivity contribution in [1.29, 1.82) is 0 Å². The number of hydrogen-bond donors (Lipinski definition) is 2. The number of aromatic nitrogens is 3. The summed E-state index contributed by atoms with van der Waals surface area (Å²) < 4.78 is 33.1. The summed E-state index contributed by atoms with van der Waals surface area (Å²) >= 11 is 0. The maximum absolute atomic E-state index is 12.7. The fourth-order valence-electron chi connectivity index (χ4n) is 2.64. The SMILES string of the molecule is COc1cc(C)c(S(=O)(=O)Nc2ccc(NCc3cccnc3)nn2)cc1C. The second-order valence-electron chi connectivity index (χ2n) is 6.21. The Bertz CT molecular complexity index is 1050. The van der Waals surface area contributed by atoms with Gasteiger partial charge in [-0.15, -0.1) is 10.2 Å². The van der Waals surface area contributed by atoms with Crippen molar-refractivity contribution >= 4 is 21.7 Å². The first-order chi connectivity index (χ1) is 13.4. The van der Waals surface area contributed by atoms with Gasteiger partial charge in [-0.2, -0.15) is 0 Å². The molecule has 2 heterocycles. The number of methoxy groups -OCH3 is 1. The van der Waals surface area contributed by atoms with Gasteiger partial charge in [-0.05, 0) is 60.9 Å². The van der Waals surface area contributed by atoms with Crippen LogP contribution in [0.3, 0.4) is 0 Å². The van der Waals surface area contributed by atoms with Gasteiger partial charge < -0.3 is 10.1 Å². The maximum Gasteiger partial charge on any atom is 0.263 e. The van der Waals surface area contributed by atoms with Gasteiger partial charge in [0.25, 0.3) is 10.0 Å². The normalized spacial score (nSPS) is 11.1. The molecule has 0 fully saturated rings. The molecule has 0 aliphatic rings. The van der Waals surface area contributed by atoms with Crippen LogP contribution in [-0.4, -0.2) is 30.7 Å². The van der Waals surface area contributed by atoms with E-state index in [1.165, 1.54) is 0 Å². The minimum Gasteiger partial charge on any atom is -0.496 e. The lowest BCUT2D eigenvalue weighted by molar-refractivity contribution is 0.411. The van der Waals surface area contributed by atoms with E-state index in [0.29, 0.717) is 23.7 Å². The van der Waals surface area contributed by atoms with Crippen molar-refractivity contribution in [2.24, 2.45) is 0 Å². The maximum atomic E-state index is 12.7. The van der Waals surface area contributed by atoms with Gasteiger partial charge >= 0.3 is 0 Å². The summed E-state index contributed by atoms with van der Waals surface area (Å²) in [7, 11) is -2.25. The zero-order chi connectivity index (χ0) is 20.1. The molecule has 8 nitrogen and oxygen atoms in total. The smallest absolute Gasteiger partial charge is 0.263 e. The van der Waals surface area contributed by atoms with Crippen molar-refractivity contribution in [2.75, 3.05) is 17.1 Å². The predicted octanol–water partition coefficient (Wildman–Crippen LogP) is 2.91. The van der Waals surface area contributed by atoms with Gasteiger partial charge in [-0.25, -0.2) is 8.42 Å². The summed E-state index contributed by atoms with van der Waals surface area (Å²) in [4.78, 5) is 4.22. The van der Waals surface area contributed by atoms with E-state index in [1.54, 1.807) is 57.6 Å². The predicted molar refractivity (Wildman–Crippen MR) is 107 cm³/mol. The molecule has 0 aliphatic heterocycles. The Morgan fingerprint density at radius 1 is 1.04 bits per heavy atom. The highest BCUT2D eigenvalue weighted by Crippen LogP contribution is 2.26. The van der Waals surface area contributed by atoms with Crippen LogP contribution in [0.5, 0.6) is 5.75 Å². The fraction of sp³-hybridized carbons (Fsp3) is 0.211. The highest BCUT2D eigenvalue weighted by molar-refractivity contribution is 7.92. The van der Waals surface area contributed by atoms with Crippen molar-refractivity contribution in [2.45, 2.75) is 25.3 Å². The van der Waals surface area contributed by atoms with Gasteiger partial charge in [-0.1, -0.05) is 6.07 Å². The van der Waals surface area contributed by atoms with Crippen LogP contribution in [-0.2, 0) is 16.6 Å². The molecule has 3 rings (SSSR count). The zero-order valence-corrected chi connectivity index (χ0v) is 16.6. The van der Waals surface area contributed by atoms with Crippen molar-refractivity contribution in [3.05, 3.63) is 65.5 Å². The van der Waals surface area contributed by atoms with E-state index in [0.717, 1.165) is 11.1 Å². The number of sulfonamides is 1. The molecule has 2 aromatic heterocycles. The fourth-order valence-corrected chi connectivity index (χ4v) is 3.95. The average molecular weight is 399 g/mol. The first-order valence-corrected chi connectivity index (χ1v) is 10.0. The van der Waals surface area contributed by atoms with Crippen LogP contribution in [0.15, 0.2) is 53.7 Å². The summed E-state index contributed by atoms with van der Waals surface area (Å²) in [5.41, 5.74) is 2.31. The molecule has 0 atom stereocenters. The van der Waals surface area contributed by atoms with E-state index in [2.05, 4.69) is 25.2 Å². The third-order valence-corrected chi connectivity index (χ3v) is 5.58. The number of pyridine rings is 1. The molecule has 1 aromatic carbocycles. The lowest BCUT2D eigenvalue weighted by Gasteiger charge is -2.13. The highest BCUT2D eigenvalue weighted by Gasteiger charge is 2.19. The van der Waals surface area contributed by atoms with E-state index in [9.17, 15) is 8.42 Å². The summed E-state index contributed by atoms with van der Waals surface area (Å²) in [5, 5.41) is 11.1. The Balaban J connectivity index is 1.72. The number of aryl methyl sites for hydroxylation is 2. The number of rotatable bonds is 7. The van der Waals surface area contributed by atoms with Crippen LogP contribution in [0, 0.1) is 13.8 Å². The van der Waals surface area contributed by atoms with Gasteiger partial charge in [0.2, 0.25) is 0 Å². The van der Waals surface area contributed by atoms with E-state index >= 15 is 0 Å². The van der Waals surface area contributed by atoms with E-state index in [-0.39, 0.29) is 10.7 Å². The quantitative estimate of drug-likeness (QED) is 0.629. The van der Waals surface area contributed by atoms with Gasteiger partial charge in [0.15, 0.2) is 5.82 Å². The highest BCUT2D eigenvalue weighted by atomic mass is 32.2. The van der Waals surface area contributed by atoms with Crippen LogP contribution in [0.1, 0.15) is 16.7 Å². The lowest BCUT2D eigenvalue weighted by atomic mass is 10.1. The Hall–Kier alpha value is -3.20. The molecule has 0 unspecified atom stereocenters. The topological polar surface area (TPSA) is 106 Å². The molecule has 0 radical (unpaired) electrons. The second kappa shape index (κ2) is 8.22.